The van der Waals surface area contributed by atoms with Crippen LogP contribution < -0.4 is 0 Å². The minimum absolute atomic E-state index is 0.0511. The third-order valence-electron chi connectivity index (χ3n) is 1.99. The van der Waals surface area contributed by atoms with Gasteiger partial charge >= 0.3 is 0 Å². The second-order valence-corrected chi connectivity index (χ2v) is 3.60. The molecular weight excluding hydrogens is 262 g/mol. The number of nitrogens with zero attached hydrogens (tertiary/aromatic N) is 1. The molecule has 1 aromatic carbocycles. The van der Waals surface area contributed by atoms with Crippen LogP contribution in [0.5, 0.6) is 0 Å². The molecule has 0 aliphatic carbocycles. The Labute approximate surface area is 94.0 Å². The van der Waals surface area contributed by atoms with E-state index in [1.807, 2.05) is 0 Å². The molecule has 15 heavy (non-hydrogen) atoms. The SMILES string of the molecule is O=C(CBr)c1nc2cc(CO)ccc2o1. The van der Waals surface area contributed by atoms with E-state index in [0.717, 1.165) is 5.56 Å². The van der Waals surface area contributed by atoms with E-state index < -0.39 is 0 Å². The van der Waals surface area contributed by atoms with Crippen molar-refractivity contribution in [2.24, 2.45) is 0 Å². The van der Waals surface area contributed by atoms with Crippen LogP contribution in [-0.2, 0) is 6.61 Å². The zero-order valence-electron chi connectivity index (χ0n) is 7.74. The zero-order chi connectivity index (χ0) is 10.8. The number of aromatic nitrogens is 1. The molecule has 0 aliphatic heterocycles. The molecule has 0 bridgehead atoms. The van der Waals surface area contributed by atoms with Gasteiger partial charge in [-0.05, 0) is 17.7 Å². The first kappa shape index (κ1) is 10.3. The van der Waals surface area contributed by atoms with E-state index in [4.69, 9.17) is 9.52 Å². The second kappa shape index (κ2) is 4.12. The van der Waals surface area contributed by atoms with Crippen LogP contribution >= 0.6 is 15.9 Å². The molecule has 0 saturated heterocycles. The van der Waals surface area contributed by atoms with E-state index in [0.29, 0.717) is 11.1 Å². The summed E-state index contributed by atoms with van der Waals surface area (Å²) in [6.07, 6.45) is 0. The smallest absolute Gasteiger partial charge is 0.265 e. The molecule has 1 aromatic heterocycles. The third-order valence-corrected chi connectivity index (χ3v) is 2.50. The van der Waals surface area contributed by atoms with Gasteiger partial charge in [0, 0.05) is 0 Å². The monoisotopic (exact) mass is 269 g/mol. The fourth-order valence-electron chi connectivity index (χ4n) is 1.25. The van der Waals surface area contributed by atoms with E-state index >= 15 is 0 Å². The highest BCUT2D eigenvalue weighted by Crippen LogP contribution is 2.17. The van der Waals surface area contributed by atoms with Gasteiger partial charge in [-0.25, -0.2) is 4.98 Å². The maximum Gasteiger partial charge on any atom is 0.265 e. The van der Waals surface area contributed by atoms with Crippen LogP contribution in [0.15, 0.2) is 22.6 Å². The molecule has 0 radical (unpaired) electrons. The summed E-state index contributed by atoms with van der Waals surface area (Å²) in [6.45, 7) is -0.0511. The first-order valence-electron chi connectivity index (χ1n) is 4.34. The Morgan fingerprint density at radius 1 is 1.53 bits per heavy atom. The van der Waals surface area contributed by atoms with Crippen molar-refractivity contribution in [2.45, 2.75) is 6.61 Å². The molecule has 1 N–H and O–H groups in total. The van der Waals surface area contributed by atoms with E-state index in [9.17, 15) is 4.79 Å². The summed E-state index contributed by atoms with van der Waals surface area (Å²) >= 11 is 3.05. The minimum atomic E-state index is -0.197. The summed E-state index contributed by atoms with van der Waals surface area (Å²) < 4.78 is 5.25. The Hall–Kier alpha value is -1.20. The third kappa shape index (κ3) is 1.93. The van der Waals surface area contributed by atoms with Crippen molar-refractivity contribution < 1.29 is 14.3 Å². The molecule has 1 heterocycles. The Kier molecular flexibility index (Phi) is 2.83. The summed E-state index contributed by atoms with van der Waals surface area (Å²) in [6, 6.07) is 5.12. The fraction of sp³-hybridized carbons (Fsp3) is 0.200. The van der Waals surface area contributed by atoms with Gasteiger partial charge < -0.3 is 9.52 Å². The standard InChI is InChI=1S/C10H8BrNO3/c11-4-8(14)10-12-7-3-6(5-13)1-2-9(7)15-10/h1-3,13H,4-5H2. The number of benzene rings is 1. The number of halogens is 1. The van der Waals surface area contributed by atoms with Crippen molar-refractivity contribution in [3.05, 3.63) is 29.7 Å². The lowest BCUT2D eigenvalue weighted by atomic mass is 10.2. The van der Waals surface area contributed by atoms with Gasteiger partial charge in [0.15, 0.2) is 5.58 Å². The number of carbonyl (C=O) groups excluding carboxylic acids is 1. The van der Waals surface area contributed by atoms with Crippen molar-refractivity contribution in [2.75, 3.05) is 5.33 Å². The van der Waals surface area contributed by atoms with Gasteiger partial charge in [0.05, 0.1) is 11.9 Å². The Balaban J connectivity index is 2.51. The average Bonchev–Trinajstić information content (AvgIpc) is 2.70. The van der Waals surface area contributed by atoms with Gasteiger partial charge in [-0.1, -0.05) is 22.0 Å². The molecule has 4 nitrogen and oxygen atoms in total. The van der Waals surface area contributed by atoms with Crippen molar-refractivity contribution >= 4 is 32.8 Å². The minimum Gasteiger partial charge on any atom is -0.434 e. The zero-order valence-corrected chi connectivity index (χ0v) is 9.32. The van der Waals surface area contributed by atoms with Crippen LogP contribution in [0.25, 0.3) is 11.1 Å². The number of oxazole rings is 1. The quantitative estimate of drug-likeness (QED) is 0.683. The molecule has 2 aromatic rings. The normalized spacial score (nSPS) is 10.8. The van der Waals surface area contributed by atoms with Gasteiger partial charge in [0.1, 0.15) is 5.52 Å². The van der Waals surface area contributed by atoms with E-state index in [1.165, 1.54) is 0 Å². The summed E-state index contributed by atoms with van der Waals surface area (Å²) in [7, 11) is 0. The highest BCUT2D eigenvalue weighted by Gasteiger charge is 2.12. The molecule has 5 heteroatoms. The van der Waals surface area contributed by atoms with Gasteiger partial charge in [0.25, 0.3) is 5.89 Å². The van der Waals surface area contributed by atoms with Crippen molar-refractivity contribution in [3.8, 4) is 0 Å². The first-order chi connectivity index (χ1) is 7.24. The van der Waals surface area contributed by atoms with Crippen LogP contribution in [0.1, 0.15) is 16.2 Å². The van der Waals surface area contributed by atoms with E-state index in [2.05, 4.69) is 20.9 Å². The van der Waals surface area contributed by atoms with Gasteiger partial charge in [-0.2, -0.15) is 0 Å². The Bertz CT molecular complexity index is 506. The van der Waals surface area contributed by atoms with Crippen molar-refractivity contribution in [3.63, 3.8) is 0 Å². The maximum absolute atomic E-state index is 11.3. The second-order valence-electron chi connectivity index (χ2n) is 3.04. The molecule has 0 fully saturated rings. The summed E-state index contributed by atoms with van der Waals surface area (Å²) in [5.74, 6) is -0.103. The number of hydrogen-bond donors (Lipinski definition) is 1. The summed E-state index contributed by atoms with van der Waals surface area (Å²) in [5, 5.41) is 9.11. The molecule has 0 atom stereocenters. The Morgan fingerprint density at radius 2 is 2.33 bits per heavy atom. The number of aliphatic hydroxyl groups excluding tert-OH is 1. The van der Waals surface area contributed by atoms with Crippen LogP contribution in [0.2, 0.25) is 0 Å². The number of ketones is 1. The lowest BCUT2D eigenvalue weighted by Crippen LogP contribution is -1.99. The summed E-state index contributed by atoms with van der Waals surface area (Å²) in [4.78, 5) is 15.3. The van der Waals surface area contributed by atoms with Gasteiger partial charge in [-0.3, -0.25) is 4.79 Å². The van der Waals surface area contributed by atoms with Crippen LogP contribution in [0.3, 0.4) is 0 Å². The molecule has 0 saturated carbocycles. The van der Waals surface area contributed by atoms with Crippen LogP contribution in [0, 0.1) is 0 Å². The molecule has 0 aliphatic rings. The number of hydrogen-bond acceptors (Lipinski definition) is 4. The molecule has 0 amide bonds. The highest BCUT2D eigenvalue weighted by molar-refractivity contribution is 9.09. The Morgan fingerprint density at radius 3 is 3.00 bits per heavy atom. The predicted molar refractivity (Wildman–Crippen MR) is 58.1 cm³/mol. The number of carbonyl (C=O) groups is 1. The van der Waals surface area contributed by atoms with Crippen LogP contribution in [0.4, 0.5) is 0 Å². The molecule has 0 unspecified atom stereocenters. The molecule has 78 valence electrons. The first-order valence-corrected chi connectivity index (χ1v) is 5.46. The van der Waals surface area contributed by atoms with Crippen molar-refractivity contribution in [1.82, 2.24) is 4.98 Å². The van der Waals surface area contributed by atoms with E-state index in [1.54, 1.807) is 18.2 Å². The molecular formula is C10H8BrNO3. The van der Waals surface area contributed by atoms with Gasteiger partial charge in [0.2, 0.25) is 5.78 Å². The number of fused-ring (bicyclic) bond motifs is 1. The number of alkyl halides is 1. The van der Waals surface area contributed by atoms with Crippen LogP contribution in [-0.4, -0.2) is 21.2 Å². The lowest BCUT2D eigenvalue weighted by Gasteiger charge is -1.92. The largest absolute Gasteiger partial charge is 0.434 e. The van der Waals surface area contributed by atoms with Gasteiger partial charge in [-0.15, -0.1) is 0 Å². The van der Waals surface area contributed by atoms with E-state index in [-0.39, 0.29) is 23.6 Å². The average molecular weight is 270 g/mol. The van der Waals surface area contributed by atoms with Crippen molar-refractivity contribution in [1.29, 1.82) is 0 Å². The number of aliphatic hydroxyl groups is 1. The molecule has 2 rings (SSSR count). The number of rotatable bonds is 3. The maximum atomic E-state index is 11.3. The molecule has 0 spiro atoms. The fourth-order valence-corrected chi connectivity index (χ4v) is 1.49. The topological polar surface area (TPSA) is 63.3 Å². The predicted octanol–water partition coefficient (Wildman–Crippen LogP) is 1.90. The number of Topliss-reactive ketones (excluding diaryl/α,β-unsaturated/α-hetero) is 1. The highest BCUT2D eigenvalue weighted by atomic mass is 79.9. The summed E-state index contributed by atoms with van der Waals surface area (Å²) in [5.41, 5.74) is 1.89. The lowest BCUT2D eigenvalue weighted by molar-refractivity contribution is 0.0989.